The third-order valence-corrected chi connectivity index (χ3v) is 5.31. The highest BCUT2D eigenvalue weighted by Gasteiger charge is 2.39. The molecule has 2 atom stereocenters. The number of hydrogen-bond donors (Lipinski definition) is 1. The molecule has 9 heteroatoms. The number of alkyl halides is 3. The Hall–Kier alpha value is -1.74. The monoisotopic (exact) mass is 389 g/mol. The summed E-state index contributed by atoms with van der Waals surface area (Å²) in [6.07, 6.45) is -4.41. The van der Waals surface area contributed by atoms with Crippen molar-refractivity contribution in [2.24, 2.45) is 0 Å². The van der Waals surface area contributed by atoms with Crippen LogP contribution in [0.3, 0.4) is 0 Å². The first-order chi connectivity index (χ1) is 12.1. The minimum absolute atomic E-state index is 0.195. The summed E-state index contributed by atoms with van der Waals surface area (Å²) in [6, 6.07) is 4.02. The fourth-order valence-corrected chi connectivity index (χ4v) is 3.89. The van der Waals surface area contributed by atoms with Crippen molar-refractivity contribution in [3.05, 3.63) is 35.4 Å². The Morgan fingerprint density at radius 1 is 1.35 bits per heavy atom. The fraction of sp³-hybridized carbons (Fsp3) is 0.529. The number of carbonyl (C=O) groups excluding carboxylic acids is 2. The molecule has 1 aliphatic heterocycles. The maximum Gasteiger partial charge on any atom is 0.416 e. The van der Waals surface area contributed by atoms with E-state index in [-0.39, 0.29) is 17.6 Å². The highest BCUT2D eigenvalue weighted by Crippen LogP contribution is 2.41. The average molecular weight is 389 g/mol. The van der Waals surface area contributed by atoms with E-state index in [1.807, 2.05) is 19.0 Å². The number of amides is 2. The topological polar surface area (TPSA) is 52.7 Å². The minimum Gasteiger partial charge on any atom is -0.353 e. The van der Waals surface area contributed by atoms with Gasteiger partial charge in [-0.05, 0) is 38.7 Å². The quantitative estimate of drug-likeness (QED) is 0.812. The number of halogens is 3. The van der Waals surface area contributed by atoms with Crippen molar-refractivity contribution in [3.63, 3.8) is 0 Å². The Labute approximate surface area is 154 Å². The predicted molar refractivity (Wildman–Crippen MR) is 94.5 cm³/mol. The van der Waals surface area contributed by atoms with Crippen molar-refractivity contribution >= 4 is 23.6 Å². The Balaban J connectivity index is 2.11. The van der Waals surface area contributed by atoms with Crippen molar-refractivity contribution in [2.75, 3.05) is 32.9 Å². The van der Waals surface area contributed by atoms with Gasteiger partial charge < -0.3 is 15.1 Å². The third kappa shape index (κ3) is 4.91. The van der Waals surface area contributed by atoms with Crippen molar-refractivity contribution in [2.45, 2.75) is 24.5 Å². The molecular weight excluding hydrogens is 367 g/mol. The number of hydrogen-bond acceptors (Lipinski definition) is 4. The third-order valence-electron chi connectivity index (χ3n) is 4.08. The molecule has 0 aliphatic carbocycles. The molecule has 5 nitrogen and oxygen atoms in total. The molecular formula is C17H22F3N3O2S. The second kappa shape index (κ2) is 8.30. The van der Waals surface area contributed by atoms with Crippen LogP contribution < -0.4 is 5.32 Å². The van der Waals surface area contributed by atoms with Crippen molar-refractivity contribution in [3.8, 4) is 0 Å². The lowest BCUT2D eigenvalue weighted by molar-refractivity contribution is -0.138. The summed E-state index contributed by atoms with van der Waals surface area (Å²) < 4.78 is 38.2. The van der Waals surface area contributed by atoms with Gasteiger partial charge in [-0.2, -0.15) is 13.2 Å². The summed E-state index contributed by atoms with van der Waals surface area (Å²) >= 11 is 1.31. The SMILES string of the molecule is C[C@@H](C(=O)NCCN(C)C)N1C(=O)CS[C@H]1c1ccc(C(F)(F)F)cc1. The van der Waals surface area contributed by atoms with E-state index >= 15 is 0 Å². The van der Waals surface area contributed by atoms with Crippen LogP contribution in [0.1, 0.15) is 23.4 Å². The summed E-state index contributed by atoms with van der Waals surface area (Å²) in [5, 5.41) is 2.31. The number of nitrogens with one attached hydrogen (secondary N) is 1. The van der Waals surface area contributed by atoms with Crippen molar-refractivity contribution < 1.29 is 22.8 Å². The molecule has 1 aromatic rings. The predicted octanol–water partition coefficient (Wildman–Crippen LogP) is 2.35. The van der Waals surface area contributed by atoms with Crippen molar-refractivity contribution in [1.82, 2.24) is 15.1 Å². The molecule has 26 heavy (non-hydrogen) atoms. The number of carbonyl (C=O) groups is 2. The molecule has 1 heterocycles. The Kier molecular flexibility index (Phi) is 6.57. The smallest absolute Gasteiger partial charge is 0.353 e. The van der Waals surface area contributed by atoms with Gasteiger partial charge in [0.25, 0.3) is 0 Å². The molecule has 2 amide bonds. The first-order valence-corrected chi connectivity index (χ1v) is 9.18. The van der Waals surface area contributed by atoms with E-state index in [2.05, 4.69) is 5.32 Å². The van der Waals surface area contributed by atoms with Crippen LogP contribution in [0.5, 0.6) is 0 Å². The van der Waals surface area contributed by atoms with Crippen LogP contribution in [0.15, 0.2) is 24.3 Å². The van der Waals surface area contributed by atoms with Gasteiger partial charge in [-0.3, -0.25) is 9.59 Å². The van der Waals surface area contributed by atoms with Crippen LogP contribution in [0.4, 0.5) is 13.2 Å². The number of benzene rings is 1. The maximum absolute atomic E-state index is 12.7. The van der Waals surface area contributed by atoms with E-state index in [1.54, 1.807) is 6.92 Å². The molecule has 0 unspecified atom stereocenters. The molecule has 0 aromatic heterocycles. The van der Waals surface area contributed by atoms with Gasteiger partial charge in [-0.1, -0.05) is 12.1 Å². The summed E-state index contributed by atoms with van der Waals surface area (Å²) in [5.74, 6) is -0.282. The van der Waals surface area contributed by atoms with Gasteiger partial charge in [0.05, 0.1) is 11.3 Å². The second-order valence-electron chi connectivity index (χ2n) is 6.35. The highest BCUT2D eigenvalue weighted by atomic mass is 32.2. The molecule has 1 saturated heterocycles. The minimum atomic E-state index is -4.41. The molecule has 1 N–H and O–H groups in total. The van der Waals surface area contributed by atoms with Crippen molar-refractivity contribution in [1.29, 1.82) is 0 Å². The van der Waals surface area contributed by atoms with Gasteiger partial charge in [0.1, 0.15) is 11.4 Å². The van der Waals surface area contributed by atoms with Gasteiger partial charge >= 0.3 is 6.18 Å². The number of rotatable bonds is 6. The van der Waals surface area contributed by atoms with E-state index in [4.69, 9.17) is 0 Å². The second-order valence-corrected chi connectivity index (χ2v) is 7.42. The zero-order valence-electron chi connectivity index (χ0n) is 14.8. The zero-order valence-corrected chi connectivity index (χ0v) is 15.7. The maximum atomic E-state index is 12.7. The van der Waals surface area contributed by atoms with E-state index in [1.165, 1.54) is 28.8 Å². The first-order valence-electron chi connectivity index (χ1n) is 8.13. The first kappa shape index (κ1) is 20.6. The molecule has 2 rings (SSSR count). The molecule has 1 aliphatic rings. The van der Waals surface area contributed by atoms with Crippen LogP contribution in [-0.4, -0.2) is 60.6 Å². The lowest BCUT2D eigenvalue weighted by atomic mass is 10.1. The Bertz CT molecular complexity index is 650. The molecule has 0 radical (unpaired) electrons. The molecule has 144 valence electrons. The molecule has 0 spiro atoms. The molecule has 0 bridgehead atoms. The Morgan fingerprint density at radius 2 is 1.96 bits per heavy atom. The summed E-state index contributed by atoms with van der Waals surface area (Å²) in [5.41, 5.74) is -0.168. The highest BCUT2D eigenvalue weighted by molar-refractivity contribution is 8.00. The van der Waals surface area contributed by atoms with E-state index in [0.717, 1.165) is 12.1 Å². The van der Waals surface area contributed by atoms with Gasteiger partial charge in [0, 0.05) is 13.1 Å². The summed E-state index contributed by atoms with van der Waals surface area (Å²) in [4.78, 5) is 28.0. The van der Waals surface area contributed by atoms with Crippen LogP contribution in [0.25, 0.3) is 0 Å². The summed E-state index contributed by atoms with van der Waals surface area (Å²) in [6.45, 7) is 2.76. The number of thioether (sulfide) groups is 1. The van der Waals surface area contributed by atoms with Gasteiger partial charge in [-0.25, -0.2) is 0 Å². The van der Waals surface area contributed by atoms with E-state index < -0.39 is 23.2 Å². The lowest BCUT2D eigenvalue weighted by Gasteiger charge is -2.30. The van der Waals surface area contributed by atoms with Crippen LogP contribution in [-0.2, 0) is 15.8 Å². The Morgan fingerprint density at radius 3 is 2.50 bits per heavy atom. The van der Waals surface area contributed by atoms with Crippen LogP contribution in [0, 0.1) is 0 Å². The van der Waals surface area contributed by atoms with Gasteiger partial charge in [0.2, 0.25) is 11.8 Å². The molecule has 0 saturated carbocycles. The fourth-order valence-electron chi connectivity index (χ4n) is 2.63. The number of likely N-dealkylation sites (N-methyl/N-ethyl adjacent to an activating group) is 1. The zero-order chi connectivity index (χ0) is 19.5. The largest absolute Gasteiger partial charge is 0.416 e. The molecule has 1 aromatic carbocycles. The van der Waals surface area contributed by atoms with Gasteiger partial charge in [-0.15, -0.1) is 11.8 Å². The standard InChI is InChI=1S/C17H22F3N3O2S/c1-11(15(25)21-8-9-22(2)3)23-14(24)10-26-16(23)12-4-6-13(7-5-12)17(18,19)20/h4-7,11,16H,8-10H2,1-3H3,(H,21,25)/t11-,16-/m0/s1. The lowest BCUT2D eigenvalue weighted by Crippen LogP contribution is -2.47. The number of nitrogens with zero attached hydrogens (tertiary/aromatic N) is 2. The van der Waals surface area contributed by atoms with Gasteiger partial charge in [0.15, 0.2) is 0 Å². The van der Waals surface area contributed by atoms with E-state index in [0.29, 0.717) is 18.7 Å². The average Bonchev–Trinajstić information content (AvgIpc) is 2.94. The van der Waals surface area contributed by atoms with E-state index in [9.17, 15) is 22.8 Å². The molecule has 1 fully saturated rings. The van der Waals surface area contributed by atoms with Crippen LogP contribution >= 0.6 is 11.8 Å². The normalized spacial score (nSPS) is 19.1. The summed E-state index contributed by atoms with van der Waals surface area (Å²) in [7, 11) is 3.77. The van der Waals surface area contributed by atoms with Crippen LogP contribution in [0.2, 0.25) is 0 Å².